The Morgan fingerprint density at radius 3 is 2.69 bits per heavy atom. The van der Waals surface area contributed by atoms with Gasteiger partial charge in [0, 0.05) is 16.9 Å². The maximum atomic E-state index is 12.3. The molecule has 7 unspecified atom stereocenters. The fourth-order valence-corrected chi connectivity index (χ4v) is 4.73. The van der Waals surface area contributed by atoms with Gasteiger partial charge in [0.25, 0.3) is 0 Å². The number of carbonyl (C=O) groups excluding carboxylic acids is 2. The Labute approximate surface area is 153 Å². The van der Waals surface area contributed by atoms with E-state index >= 15 is 0 Å². The second-order valence-corrected chi connectivity index (χ2v) is 7.97. The molecule has 2 aliphatic carbocycles. The molecule has 0 bridgehead atoms. The van der Waals surface area contributed by atoms with Crippen LogP contribution >= 0.6 is 0 Å². The van der Waals surface area contributed by atoms with E-state index in [1.54, 1.807) is 0 Å². The van der Waals surface area contributed by atoms with Gasteiger partial charge >= 0.3 is 11.9 Å². The van der Waals surface area contributed by atoms with E-state index in [0.717, 1.165) is 5.57 Å². The first kappa shape index (κ1) is 18.9. The van der Waals surface area contributed by atoms with E-state index < -0.39 is 47.7 Å². The first-order valence-corrected chi connectivity index (χ1v) is 8.91. The van der Waals surface area contributed by atoms with E-state index in [1.807, 2.05) is 6.92 Å². The summed E-state index contributed by atoms with van der Waals surface area (Å²) < 4.78 is 11.2. The van der Waals surface area contributed by atoms with Crippen LogP contribution in [0.5, 0.6) is 0 Å². The summed E-state index contributed by atoms with van der Waals surface area (Å²) in [6.45, 7) is 14.9. The van der Waals surface area contributed by atoms with E-state index in [2.05, 4.69) is 19.7 Å². The van der Waals surface area contributed by atoms with Gasteiger partial charge in [-0.25, -0.2) is 9.59 Å². The Morgan fingerprint density at radius 2 is 2.08 bits per heavy atom. The number of carbonyl (C=O) groups is 2. The highest BCUT2D eigenvalue weighted by atomic mass is 16.6. The number of aliphatic hydroxyl groups is 2. The molecular formula is C20H26O6. The molecule has 0 aromatic carbocycles. The lowest BCUT2D eigenvalue weighted by molar-refractivity contribution is -0.176. The first-order chi connectivity index (χ1) is 12.1. The number of fused-ring (bicyclic) bond motifs is 3. The molecular weight excluding hydrogens is 336 g/mol. The highest BCUT2D eigenvalue weighted by molar-refractivity contribution is 5.92. The van der Waals surface area contributed by atoms with Crippen molar-refractivity contribution in [1.29, 1.82) is 0 Å². The fourth-order valence-electron chi connectivity index (χ4n) is 4.73. The summed E-state index contributed by atoms with van der Waals surface area (Å²) in [5, 5.41) is 20.2. The van der Waals surface area contributed by atoms with E-state index in [1.165, 1.54) is 6.92 Å². The zero-order valence-electron chi connectivity index (χ0n) is 15.2. The van der Waals surface area contributed by atoms with E-state index in [9.17, 15) is 19.8 Å². The first-order valence-electron chi connectivity index (χ1n) is 8.91. The molecule has 6 heteroatoms. The van der Waals surface area contributed by atoms with Crippen LogP contribution in [0.3, 0.4) is 0 Å². The summed E-state index contributed by atoms with van der Waals surface area (Å²) in [5.41, 5.74) is 0.524. The molecule has 3 aliphatic rings. The summed E-state index contributed by atoms with van der Waals surface area (Å²) in [7, 11) is 0. The van der Waals surface area contributed by atoms with Crippen LogP contribution in [0.1, 0.15) is 33.1 Å². The summed E-state index contributed by atoms with van der Waals surface area (Å²) in [4.78, 5) is 24.5. The maximum Gasteiger partial charge on any atom is 0.336 e. The quantitative estimate of drug-likeness (QED) is 0.451. The monoisotopic (exact) mass is 362 g/mol. The van der Waals surface area contributed by atoms with Crippen LogP contribution in [-0.4, -0.2) is 46.6 Å². The number of esters is 2. The van der Waals surface area contributed by atoms with Crippen LogP contribution in [0, 0.1) is 17.3 Å². The van der Waals surface area contributed by atoms with Gasteiger partial charge < -0.3 is 19.7 Å². The Kier molecular flexibility index (Phi) is 4.61. The van der Waals surface area contributed by atoms with Gasteiger partial charge in [-0.15, -0.1) is 0 Å². The van der Waals surface area contributed by atoms with Crippen molar-refractivity contribution in [3.8, 4) is 0 Å². The lowest BCUT2D eigenvalue weighted by Crippen LogP contribution is -2.58. The number of rotatable bonds is 3. The number of hydrogen-bond acceptors (Lipinski definition) is 6. The molecule has 3 rings (SSSR count). The number of aliphatic hydroxyl groups excluding tert-OH is 2. The molecule has 0 amide bonds. The van der Waals surface area contributed by atoms with Crippen LogP contribution in [0.2, 0.25) is 0 Å². The van der Waals surface area contributed by atoms with Crippen molar-refractivity contribution in [2.45, 2.75) is 57.5 Å². The van der Waals surface area contributed by atoms with Crippen molar-refractivity contribution < 1.29 is 29.3 Å². The second kappa shape index (κ2) is 6.35. The van der Waals surface area contributed by atoms with Gasteiger partial charge in [-0.3, -0.25) is 0 Å². The molecule has 1 heterocycles. The van der Waals surface area contributed by atoms with Gasteiger partial charge in [0.15, 0.2) is 0 Å². The third kappa shape index (κ3) is 2.72. The summed E-state index contributed by atoms with van der Waals surface area (Å²) in [6, 6.07) is 0. The zero-order chi connectivity index (χ0) is 19.4. The van der Waals surface area contributed by atoms with Crippen molar-refractivity contribution in [3.05, 3.63) is 36.5 Å². The molecule has 2 N–H and O–H groups in total. The number of hydrogen-bond donors (Lipinski definition) is 2. The standard InChI is InChI=1S/C20H26O6/c1-9-6-7-14(22)20(5)8-13(25-18(23)10(2)12(4)21)15-11(3)19(24)26-17(15)16(9)20/h12-17,21-22H,1-3,6-8H2,4-5H3. The molecule has 2 saturated carbocycles. The lowest BCUT2D eigenvalue weighted by Gasteiger charge is -2.54. The lowest BCUT2D eigenvalue weighted by atomic mass is 9.53. The molecule has 0 radical (unpaired) electrons. The zero-order valence-corrected chi connectivity index (χ0v) is 15.2. The number of ether oxygens (including phenoxy) is 2. The van der Waals surface area contributed by atoms with Crippen LogP contribution in [-0.2, 0) is 19.1 Å². The minimum atomic E-state index is -1.03. The molecule has 0 aromatic heterocycles. The van der Waals surface area contributed by atoms with Crippen molar-refractivity contribution >= 4 is 11.9 Å². The highest BCUT2D eigenvalue weighted by Crippen LogP contribution is 2.57. The Hall–Kier alpha value is -1.92. The summed E-state index contributed by atoms with van der Waals surface area (Å²) in [6.07, 6.45) is -1.31. The summed E-state index contributed by atoms with van der Waals surface area (Å²) >= 11 is 0. The minimum Gasteiger partial charge on any atom is -0.458 e. The third-order valence-corrected chi connectivity index (χ3v) is 6.31. The van der Waals surface area contributed by atoms with Gasteiger partial charge in [0.1, 0.15) is 12.2 Å². The molecule has 7 atom stereocenters. The van der Waals surface area contributed by atoms with Gasteiger partial charge in [-0.05, 0) is 26.2 Å². The molecule has 1 aliphatic heterocycles. The van der Waals surface area contributed by atoms with Crippen molar-refractivity contribution in [1.82, 2.24) is 0 Å². The molecule has 1 saturated heterocycles. The molecule has 3 fully saturated rings. The van der Waals surface area contributed by atoms with E-state index in [-0.39, 0.29) is 17.1 Å². The maximum absolute atomic E-state index is 12.3. The predicted octanol–water partition coefficient (Wildman–Crippen LogP) is 1.67. The van der Waals surface area contributed by atoms with Crippen LogP contribution in [0.15, 0.2) is 36.5 Å². The molecule has 26 heavy (non-hydrogen) atoms. The Balaban J connectivity index is 1.96. The van der Waals surface area contributed by atoms with E-state index in [4.69, 9.17) is 9.47 Å². The minimum absolute atomic E-state index is 0.0571. The molecule has 6 nitrogen and oxygen atoms in total. The Bertz CT molecular complexity index is 692. The predicted molar refractivity (Wildman–Crippen MR) is 93.8 cm³/mol. The van der Waals surface area contributed by atoms with Gasteiger partial charge in [0.2, 0.25) is 0 Å². The second-order valence-electron chi connectivity index (χ2n) is 7.97. The smallest absolute Gasteiger partial charge is 0.336 e. The van der Waals surface area contributed by atoms with Crippen molar-refractivity contribution in [3.63, 3.8) is 0 Å². The topological polar surface area (TPSA) is 93.1 Å². The average molecular weight is 362 g/mol. The molecule has 0 aromatic rings. The Morgan fingerprint density at radius 1 is 1.42 bits per heavy atom. The average Bonchev–Trinajstić information content (AvgIpc) is 2.85. The van der Waals surface area contributed by atoms with Crippen LogP contribution < -0.4 is 0 Å². The van der Waals surface area contributed by atoms with Gasteiger partial charge in [-0.1, -0.05) is 32.2 Å². The fraction of sp³-hybridized carbons (Fsp3) is 0.600. The molecule has 142 valence electrons. The van der Waals surface area contributed by atoms with E-state index in [0.29, 0.717) is 19.3 Å². The normalized spacial score (nSPS) is 40.3. The molecule has 0 spiro atoms. The van der Waals surface area contributed by atoms with Gasteiger partial charge in [-0.2, -0.15) is 0 Å². The largest absolute Gasteiger partial charge is 0.458 e. The van der Waals surface area contributed by atoms with Gasteiger partial charge in [0.05, 0.1) is 23.7 Å². The highest BCUT2D eigenvalue weighted by Gasteiger charge is 2.62. The van der Waals surface area contributed by atoms with Crippen LogP contribution in [0.25, 0.3) is 0 Å². The summed E-state index contributed by atoms with van der Waals surface area (Å²) in [5.74, 6) is -1.93. The third-order valence-electron chi connectivity index (χ3n) is 6.31. The van der Waals surface area contributed by atoms with Crippen molar-refractivity contribution in [2.24, 2.45) is 17.3 Å². The van der Waals surface area contributed by atoms with Crippen LogP contribution in [0.4, 0.5) is 0 Å². The SMILES string of the molecule is C=C(C(=O)OC1CC2(C)C(O)CCC(=C)C2C2OC(=O)C(=C)C12)C(C)O. The van der Waals surface area contributed by atoms with Crippen molar-refractivity contribution in [2.75, 3.05) is 0 Å².